The maximum Gasteiger partial charge on any atom is 0.137 e. The summed E-state index contributed by atoms with van der Waals surface area (Å²) < 4.78 is 2.21. The fraction of sp³-hybridized carbons (Fsp3) is 0.364. The fourth-order valence-electron chi connectivity index (χ4n) is 2.10. The first-order valence-electron chi connectivity index (χ1n) is 5.11. The van der Waals surface area contributed by atoms with E-state index in [0.29, 0.717) is 0 Å². The largest absolute Gasteiger partial charge is 0.316 e. The minimum atomic E-state index is 1.05. The summed E-state index contributed by atoms with van der Waals surface area (Å²) in [4.78, 5) is 4.64. The van der Waals surface area contributed by atoms with E-state index in [1.807, 2.05) is 6.07 Å². The summed E-state index contributed by atoms with van der Waals surface area (Å²) in [6, 6.07) is 6.18. The van der Waals surface area contributed by atoms with Crippen LogP contribution in [0.2, 0.25) is 0 Å². The first-order chi connectivity index (χ1) is 6.95. The number of pyridine rings is 1. The van der Waals surface area contributed by atoms with Crippen LogP contribution in [0.15, 0.2) is 24.4 Å². The van der Waals surface area contributed by atoms with Gasteiger partial charge in [-0.25, -0.2) is 4.98 Å². The van der Waals surface area contributed by atoms with Crippen molar-refractivity contribution in [3.63, 3.8) is 0 Å². The van der Waals surface area contributed by atoms with Gasteiger partial charge in [0.05, 0.1) is 5.69 Å². The van der Waals surface area contributed by atoms with E-state index in [4.69, 9.17) is 0 Å². The van der Waals surface area contributed by atoms with Crippen molar-refractivity contribution in [2.24, 2.45) is 0 Å². The molecule has 0 unspecified atom stereocenters. The normalized spacial score (nSPS) is 16.6. The summed E-state index contributed by atoms with van der Waals surface area (Å²) in [6.45, 7) is 2.12. The van der Waals surface area contributed by atoms with Crippen molar-refractivity contribution in [3.05, 3.63) is 35.8 Å². The third kappa shape index (κ3) is 1.13. The minimum absolute atomic E-state index is 1.05. The van der Waals surface area contributed by atoms with Crippen molar-refractivity contribution in [3.8, 4) is 0 Å². The Kier molecular flexibility index (Phi) is 1.77. The van der Waals surface area contributed by atoms with Crippen LogP contribution in [0.25, 0.3) is 5.65 Å². The molecule has 0 spiro atoms. The second-order valence-electron chi connectivity index (χ2n) is 3.68. The molecule has 1 aliphatic rings. The van der Waals surface area contributed by atoms with E-state index in [2.05, 4.69) is 33.0 Å². The van der Waals surface area contributed by atoms with Crippen LogP contribution in [-0.2, 0) is 12.8 Å². The van der Waals surface area contributed by atoms with Crippen molar-refractivity contribution >= 4 is 5.65 Å². The van der Waals surface area contributed by atoms with Crippen LogP contribution in [0.4, 0.5) is 0 Å². The lowest BCUT2D eigenvalue weighted by Gasteiger charge is -1.99. The first kappa shape index (κ1) is 8.00. The molecule has 3 heteroatoms. The number of aromatic nitrogens is 2. The molecule has 0 aromatic carbocycles. The second kappa shape index (κ2) is 3.10. The Labute approximate surface area is 82.8 Å². The van der Waals surface area contributed by atoms with Crippen LogP contribution in [-0.4, -0.2) is 22.5 Å². The van der Waals surface area contributed by atoms with Crippen molar-refractivity contribution in [1.82, 2.24) is 14.7 Å². The van der Waals surface area contributed by atoms with E-state index in [1.165, 1.54) is 11.4 Å². The van der Waals surface area contributed by atoms with Gasteiger partial charge in [0.1, 0.15) is 5.65 Å². The summed E-state index contributed by atoms with van der Waals surface area (Å²) >= 11 is 0. The minimum Gasteiger partial charge on any atom is -0.316 e. The number of nitrogens with zero attached hydrogens (tertiary/aromatic N) is 2. The van der Waals surface area contributed by atoms with Crippen LogP contribution in [0, 0.1) is 0 Å². The summed E-state index contributed by atoms with van der Waals surface area (Å²) in [5, 5.41) is 3.39. The lowest BCUT2D eigenvalue weighted by molar-refractivity contribution is 0.702. The second-order valence-corrected chi connectivity index (χ2v) is 3.68. The molecular formula is C11H13N3. The van der Waals surface area contributed by atoms with Crippen LogP contribution < -0.4 is 5.32 Å². The lowest BCUT2D eigenvalue weighted by Crippen LogP contribution is -2.16. The Hall–Kier alpha value is -1.35. The number of imidazole rings is 1. The monoisotopic (exact) mass is 187 g/mol. The Balaban J connectivity index is 2.24. The molecule has 0 aliphatic carbocycles. The van der Waals surface area contributed by atoms with E-state index in [-0.39, 0.29) is 0 Å². The van der Waals surface area contributed by atoms with Gasteiger partial charge in [0.25, 0.3) is 0 Å². The maximum absolute atomic E-state index is 4.64. The molecule has 0 saturated heterocycles. The Bertz CT molecular complexity index is 459. The predicted molar refractivity (Wildman–Crippen MR) is 55.5 cm³/mol. The van der Waals surface area contributed by atoms with Crippen molar-refractivity contribution in [2.45, 2.75) is 12.8 Å². The molecule has 1 aliphatic heterocycles. The molecule has 14 heavy (non-hydrogen) atoms. The molecule has 0 fully saturated rings. The standard InChI is InChI=1S/C11H13N3/c1-2-8-14-10-5-7-12-6-4-9(10)13-11(14)3-1/h1-3,8,12H,4-7H2. The molecule has 3 heterocycles. The SMILES string of the molecule is c1ccn2c3c(nc2c1)CCNCC3. The molecule has 72 valence electrons. The average Bonchev–Trinajstić information content (AvgIpc) is 2.42. The zero-order valence-corrected chi connectivity index (χ0v) is 8.03. The Morgan fingerprint density at radius 1 is 1.21 bits per heavy atom. The Morgan fingerprint density at radius 2 is 2.14 bits per heavy atom. The van der Waals surface area contributed by atoms with Gasteiger partial charge >= 0.3 is 0 Å². The summed E-state index contributed by atoms with van der Waals surface area (Å²) in [6.07, 6.45) is 4.24. The van der Waals surface area contributed by atoms with Crippen LogP contribution in [0.5, 0.6) is 0 Å². The predicted octanol–water partition coefficient (Wildman–Crippen LogP) is 1.02. The van der Waals surface area contributed by atoms with Gasteiger partial charge in [0.15, 0.2) is 0 Å². The summed E-state index contributed by atoms with van der Waals surface area (Å²) in [5.74, 6) is 0. The van der Waals surface area contributed by atoms with Gasteiger partial charge in [-0.15, -0.1) is 0 Å². The van der Waals surface area contributed by atoms with Crippen LogP contribution in [0.1, 0.15) is 11.4 Å². The number of fused-ring (bicyclic) bond motifs is 3. The van der Waals surface area contributed by atoms with Gasteiger partial charge < -0.3 is 9.72 Å². The van der Waals surface area contributed by atoms with E-state index < -0.39 is 0 Å². The van der Waals surface area contributed by atoms with Gasteiger partial charge in [0, 0.05) is 37.8 Å². The first-order valence-corrected chi connectivity index (χ1v) is 5.11. The summed E-state index contributed by atoms with van der Waals surface area (Å²) in [7, 11) is 0. The smallest absolute Gasteiger partial charge is 0.137 e. The van der Waals surface area contributed by atoms with Gasteiger partial charge in [-0.2, -0.15) is 0 Å². The highest BCUT2D eigenvalue weighted by molar-refractivity contribution is 5.43. The molecule has 3 nitrogen and oxygen atoms in total. The number of rotatable bonds is 0. The fourth-order valence-corrected chi connectivity index (χ4v) is 2.10. The Morgan fingerprint density at radius 3 is 3.14 bits per heavy atom. The molecule has 2 aromatic heterocycles. The van der Waals surface area contributed by atoms with E-state index in [1.54, 1.807) is 0 Å². The van der Waals surface area contributed by atoms with Gasteiger partial charge in [-0.1, -0.05) is 6.07 Å². The van der Waals surface area contributed by atoms with Gasteiger partial charge in [-0.05, 0) is 12.1 Å². The van der Waals surface area contributed by atoms with E-state index in [9.17, 15) is 0 Å². The van der Waals surface area contributed by atoms with Gasteiger partial charge in [-0.3, -0.25) is 0 Å². The van der Waals surface area contributed by atoms with Crippen LogP contribution in [0.3, 0.4) is 0 Å². The van der Waals surface area contributed by atoms with Crippen molar-refractivity contribution in [1.29, 1.82) is 0 Å². The third-order valence-corrected chi connectivity index (χ3v) is 2.79. The quantitative estimate of drug-likeness (QED) is 0.667. The highest BCUT2D eigenvalue weighted by Crippen LogP contribution is 2.14. The average molecular weight is 187 g/mol. The highest BCUT2D eigenvalue weighted by Gasteiger charge is 2.13. The molecule has 0 amide bonds. The molecular weight excluding hydrogens is 174 g/mol. The van der Waals surface area contributed by atoms with Crippen molar-refractivity contribution < 1.29 is 0 Å². The third-order valence-electron chi connectivity index (χ3n) is 2.79. The topological polar surface area (TPSA) is 29.3 Å². The molecule has 1 N–H and O–H groups in total. The molecule has 0 atom stereocenters. The maximum atomic E-state index is 4.64. The number of hydrogen-bond acceptors (Lipinski definition) is 2. The summed E-state index contributed by atoms with van der Waals surface area (Å²) in [5.41, 5.74) is 3.73. The van der Waals surface area contributed by atoms with E-state index in [0.717, 1.165) is 31.6 Å². The van der Waals surface area contributed by atoms with Crippen molar-refractivity contribution in [2.75, 3.05) is 13.1 Å². The molecule has 0 bridgehead atoms. The zero-order chi connectivity index (χ0) is 9.38. The highest BCUT2D eigenvalue weighted by atomic mass is 15.0. The number of hydrogen-bond donors (Lipinski definition) is 1. The zero-order valence-electron chi connectivity index (χ0n) is 8.03. The number of nitrogens with one attached hydrogen (secondary N) is 1. The molecule has 2 aromatic rings. The molecule has 3 rings (SSSR count). The molecule has 0 radical (unpaired) electrons. The van der Waals surface area contributed by atoms with Crippen LogP contribution >= 0.6 is 0 Å². The lowest BCUT2D eigenvalue weighted by atomic mass is 10.2. The molecule has 0 saturated carbocycles. The van der Waals surface area contributed by atoms with Gasteiger partial charge in [0.2, 0.25) is 0 Å². The van der Waals surface area contributed by atoms with E-state index >= 15 is 0 Å².